The van der Waals surface area contributed by atoms with Crippen LogP contribution in [0.4, 0.5) is 0 Å². The van der Waals surface area contributed by atoms with Crippen molar-refractivity contribution in [2.75, 3.05) is 6.54 Å². The van der Waals surface area contributed by atoms with Crippen LogP contribution in [-0.4, -0.2) is 17.2 Å². The van der Waals surface area contributed by atoms with Crippen LogP contribution in [0.15, 0.2) is 39.7 Å². The van der Waals surface area contributed by atoms with E-state index in [1.807, 2.05) is 0 Å². The first-order valence-corrected chi connectivity index (χ1v) is 6.20. The predicted molar refractivity (Wildman–Crippen MR) is 68.6 cm³/mol. The molecule has 0 saturated heterocycles. The molecule has 1 fully saturated rings. The van der Waals surface area contributed by atoms with Gasteiger partial charge in [-0.2, -0.15) is 0 Å². The summed E-state index contributed by atoms with van der Waals surface area (Å²) in [5.74, 6) is 0. The topological polar surface area (TPSA) is 34.0 Å². The Labute approximate surface area is 103 Å². The Morgan fingerprint density at radius 3 is 3.00 bits per heavy atom. The third kappa shape index (κ3) is 3.32. The molecule has 86 valence electrons. The summed E-state index contributed by atoms with van der Waals surface area (Å²) in [4.78, 5) is 11.5. The molecule has 4 heteroatoms. The second-order valence-corrected chi connectivity index (χ2v) is 5.13. The summed E-state index contributed by atoms with van der Waals surface area (Å²) in [7, 11) is 0. The lowest BCUT2D eigenvalue weighted by molar-refractivity contribution is 0.669. The molecule has 0 amide bonds. The lowest BCUT2D eigenvalue weighted by Crippen LogP contribution is -2.24. The Morgan fingerprint density at radius 2 is 2.31 bits per heavy atom. The molecule has 0 bridgehead atoms. The van der Waals surface area contributed by atoms with Crippen LogP contribution in [-0.2, 0) is 6.54 Å². The van der Waals surface area contributed by atoms with Crippen molar-refractivity contribution in [2.24, 2.45) is 0 Å². The maximum Gasteiger partial charge on any atom is 0.250 e. The molecule has 0 radical (unpaired) electrons. The van der Waals surface area contributed by atoms with Crippen LogP contribution in [0.1, 0.15) is 12.8 Å². The first-order chi connectivity index (χ1) is 7.65. The molecule has 0 aliphatic heterocycles. The van der Waals surface area contributed by atoms with Crippen LogP contribution in [0.5, 0.6) is 0 Å². The second-order valence-electron chi connectivity index (χ2n) is 4.22. The van der Waals surface area contributed by atoms with Gasteiger partial charge in [-0.3, -0.25) is 4.79 Å². The molecule has 0 unspecified atom stereocenters. The lowest BCUT2D eigenvalue weighted by atomic mass is 10.3. The van der Waals surface area contributed by atoms with E-state index in [0.29, 0.717) is 12.6 Å². The van der Waals surface area contributed by atoms with Gasteiger partial charge in [0.1, 0.15) is 0 Å². The van der Waals surface area contributed by atoms with Gasteiger partial charge in [0.25, 0.3) is 5.56 Å². The van der Waals surface area contributed by atoms with Gasteiger partial charge in [-0.15, -0.1) is 0 Å². The van der Waals surface area contributed by atoms with Crippen molar-refractivity contribution in [3.05, 3.63) is 45.3 Å². The summed E-state index contributed by atoms with van der Waals surface area (Å²) in [5.41, 5.74) is 1.04. The molecule has 1 aliphatic carbocycles. The van der Waals surface area contributed by atoms with E-state index in [2.05, 4.69) is 27.8 Å². The summed E-state index contributed by atoms with van der Waals surface area (Å²) in [5, 5.41) is 3.38. The summed E-state index contributed by atoms with van der Waals surface area (Å²) in [6.07, 6.45) is 4.33. The fraction of sp³-hybridized carbons (Fsp3) is 0.417. The zero-order chi connectivity index (χ0) is 11.5. The van der Waals surface area contributed by atoms with E-state index in [1.165, 1.54) is 12.8 Å². The van der Waals surface area contributed by atoms with E-state index < -0.39 is 0 Å². The average molecular weight is 283 g/mol. The largest absolute Gasteiger partial charge is 0.310 e. The van der Waals surface area contributed by atoms with Gasteiger partial charge in [0.2, 0.25) is 0 Å². The van der Waals surface area contributed by atoms with Crippen molar-refractivity contribution in [2.45, 2.75) is 25.4 Å². The molecule has 16 heavy (non-hydrogen) atoms. The van der Waals surface area contributed by atoms with Crippen molar-refractivity contribution in [1.29, 1.82) is 0 Å². The smallest absolute Gasteiger partial charge is 0.250 e. The molecule has 0 aromatic carbocycles. The molecular weight excluding hydrogens is 268 g/mol. The number of halogens is 1. The van der Waals surface area contributed by atoms with E-state index in [9.17, 15) is 4.79 Å². The number of nitrogens with zero attached hydrogens (tertiary/aromatic N) is 1. The van der Waals surface area contributed by atoms with Crippen LogP contribution >= 0.6 is 15.9 Å². The zero-order valence-corrected chi connectivity index (χ0v) is 10.7. The molecule has 3 nitrogen and oxygen atoms in total. The molecule has 0 atom stereocenters. The minimum absolute atomic E-state index is 0.00997. The van der Waals surface area contributed by atoms with E-state index in [-0.39, 0.29) is 5.56 Å². The fourth-order valence-corrected chi connectivity index (χ4v) is 1.88. The Morgan fingerprint density at radius 1 is 1.56 bits per heavy atom. The molecule has 1 saturated carbocycles. The molecule has 0 spiro atoms. The summed E-state index contributed by atoms with van der Waals surface area (Å²) >= 11 is 3.35. The maximum atomic E-state index is 11.5. The van der Waals surface area contributed by atoms with Gasteiger partial charge in [-0.1, -0.05) is 6.58 Å². The minimum atomic E-state index is 0.00997. The highest BCUT2D eigenvalue weighted by atomic mass is 79.9. The van der Waals surface area contributed by atoms with Crippen molar-refractivity contribution in [3.63, 3.8) is 0 Å². The van der Waals surface area contributed by atoms with Gasteiger partial charge in [0, 0.05) is 35.9 Å². The normalized spacial score (nSPS) is 15.1. The fourth-order valence-electron chi connectivity index (χ4n) is 1.50. The van der Waals surface area contributed by atoms with Gasteiger partial charge in [0.05, 0.1) is 0 Å². The minimum Gasteiger partial charge on any atom is -0.310 e. The van der Waals surface area contributed by atoms with Crippen LogP contribution in [0.3, 0.4) is 0 Å². The van der Waals surface area contributed by atoms with E-state index >= 15 is 0 Å². The molecule has 1 heterocycles. The number of pyridine rings is 1. The SMILES string of the molecule is C=C(CNC1CC1)Cn1cc(Br)ccc1=O. The number of hydrogen-bond acceptors (Lipinski definition) is 2. The quantitative estimate of drug-likeness (QED) is 0.838. The second kappa shape index (κ2) is 4.97. The van der Waals surface area contributed by atoms with Crippen LogP contribution in [0, 0.1) is 0 Å². The summed E-state index contributed by atoms with van der Waals surface area (Å²) in [6.45, 7) is 5.36. The van der Waals surface area contributed by atoms with Gasteiger partial charge >= 0.3 is 0 Å². The van der Waals surface area contributed by atoms with Gasteiger partial charge in [-0.25, -0.2) is 0 Å². The highest BCUT2D eigenvalue weighted by molar-refractivity contribution is 9.10. The molecule has 2 rings (SSSR count). The van der Waals surface area contributed by atoms with Crippen molar-refractivity contribution in [3.8, 4) is 0 Å². The Bertz CT molecular complexity index is 449. The van der Waals surface area contributed by atoms with E-state index in [1.54, 1.807) is 22.9 Å². The number of nitrogens with one attached hydrogen (secondary N) is 1. The monoisotopic (exact) mass is 282 g/mol. The molecule has 1 aromatic rings. The zero-order valence-electron chi connectivity index (χ0n) is 9.08. The lowest BCUT2D eigenvalue weighted by Gasteiger charge is -2.09. The van der Waals surface area contributed by atoms with Crippen molar-refractivity contribution < 1.29 is 0 Å². The van der Waals surface area contributed by atoms with Crippen LogP contribution in [0.25, 0.3) is 0 Å². The first-order valence-electron chi connectivity index (χ1n) is 5.41. The van der Waals surface area contributed by atoms with Gasteiger partial charge in [0.15, 0.2) is 0 Å². The van der Waals surface area contributed by atoms with E-state index in [4.69, 9.17) is 0 Å². The summed E-state index contributed by atoms with van der Waals surface area (Å²) < 4.78 is 2.58. The van der Waals surface area contributed by atoms with Crippen LogP contribution < -0.4 is 10.9 Å². The Balaban J connectivity index is 1.93. The highest BCUT2D eigenvalue weighted by Crippen LogP contribution is 2.18. The molecular formula is C12H15BrN2O. The number of aromatic nitrogens is 1. The van der Waals surface area contributed by atoms with Crippen molar-refractivity contribution in [1.82, 2.24) is 9.88 Å². The number of hydrogen-bond donors (Lipinski definition) is 1. The standard InChI is InChI=1S/C12H15BrN2O/c1-9(6-14-11-3-4-11)7-15-8-10(13)2-5-12(15)16/h2,5,8,11,14H,1,3-4,6-7H2. The molecule has 1 aliphatic rings. The highest BCUT2D eigenvalue weighted by Gasteiger charge is 2.20. The van der Waals surface area contributed by atoms with Gasteiger partial charge in [-0.05, 0) is 40.4 Å². The Kier molecular flexibility index (Phi) is 3.61. The molecule has 1 N–H and O–H groups in total. The van der Waals surface area contributed by atoms with E-state index in [0.717, 1.165) is 16.6 Å². The third-order valence-corrected chi connectivity index (χ3v) is 3.03. The summed E-state index contributed by atoms with van der Waals surface area (Å²) in [6, 6.07) is 3.99. The number of rotatable bonds is 5. The van der Waals surface area contributed by atoms with Crippen molar-refractivity contribution >= 4 is 15.9 Å². The average Bonchev–Trinajstić information content (AvgIpc) is 3.04. The maximum absolute atomic E-state index is 11.5. The molecule has 1 aromatic heterocycles. The van der Waals surface area contributed by atoms with Crippen LogP contribution in [0.2, 0.25) is 0 Å². The first kappa shape index (κ1) is 11.6. The predicted octanol–water partition coefficient (Wildman–Crippen LogP) is 1.92. The Hall–Kier alpha value is -0.870. The third-order valence-electron chi connectivity index (χ3n) is 2.56. The van der Waals surface area contributed by atoms with Gasteiger partial charge < -0.3 is 9.88 Å².